The number of hydrogen-bond donors (Lipinski definition) is 2. The molecule has 0 aliphatic heterocycles. The Bertz CT molecular complexity index is 657. The molecule has 0 atom stereocenters. The van der Waals surface area contributed by atoms with Gasteiger partial charge in [0, 0.05) is 11.5 Å². The summed E-state index contributed by atoms with van der Waals surface area (Å²) in [5, 5.41) is 9.66. The van der Waals surface area contributed by atoms with Crippen molar-refractivity contribution in [2.24, 2.45) is 0 Å². The Hall–Kier alpha value is -2.30. The van der Waals surface area contributed by atoms with Crippen molar-refractivity contribution in [1.82, 2.24) is 4.98 Å². The van der Waals surface area contributed by atoms with E-state index >= 15 is 0 Å². The molecule has 2 rings (SSSR count). The topological polar surface area (TPSA) is 79.4 Å². The van der Waals surface area contributed by atoms with Crippen molar-refractivity contribution >= 4 is 16.9 Å². The van der Waals surface area contributed by atoms with Gasteiger partial charge in [0.25, 0.3) is 5.56 Å². The highest BCUT2D eigenvalue weighted by Crippen LogP contribution is 2.22. The lowest BCUT2D eigenvalue weighted by atomic mass is 10.0. The molecule has 1 aromatic carbocycles. The first-order valence-electron chi connectivity index (χ1n) is 4.98. The number of methoxy groups -OCH3 is 1. The first-order chi connectivity index (χ1) is 8.04. The summed E-state index contributed by atoms with van der Waals surface area (Å²) in [6.07, 6.45) is 0. The molecule has 0 aliphatic carbocycles. The third-order valence-electron chi connectivity index (χ3n) is 2.69. The van der Waals surface area contributed by atoms with Crippen LogP contribution in [0.15, 0.2) is 23.0 Å². The third-order valence-corrected chi connectivity index (χ3v) is 2.69. The number of carboxylic acids is 1. The summed E-state index contributed by atoms with van der Waals surface area (Å²) in [6, 6.07) is 5.11. The number of pyridine rings is 1. The van der Waals surface area contributed by atoms with E-state index in [1.54, 1.807) is 25.1 Å². The number of carbonyl (C=O) groups is 1. The van der Waals surface area contributed by atoms with Gasteiger partial charge in [-0.2, -0.15) is 0 Å². The van der Waals surface area contributed by atoms with Crippen LogP contribution in [0.5, 0.6) is 5.75 Å². The highest BCUT2D eigenvalue weighted by molar-refractivity contribution is 5.95. The van der Waals surface area contributed by atoms with Crippen LogP contribution in [0, 0.1) is 6.92 Å². The first-order valence-corrected chi connectivity index (χ1v) is 4.98. The van der Waals surface area contributed by atoms with E-state index in [0.29, 0.717) is 22.2 Å². The second kappa shape index (κ2) is 3.93. The maximum Gasteiger partial charge on any atom is 0.341 e. The van der Waals surface area contributed by atoms with E-state index in [1.165, 1.54) is 7.11 Å². The van der Waals surface area contributed by atoms with Gasteiger partial charge >= 0.3 is 5.97 Å². The van der Waals surface area contributed by atoms with Crippen molar-refractivity contribution in [2.45, 2.75) is 6.92 Å². The molecule has 5 heteroatoms. The van der Waals surface area contributed by atoms with Gasteiger partial charge in [-0.3, -0.25) is 4.79 Å². The van der Waals surface area contributed by atoms with E-state index in [9.17, 15) is 9.59 Å². The maximum atomic E-state index is 11.6. The van der Waals surface area contributed by atoms with Crippen LogP contribution in [0.3, 0.4) is 0 Å². The molecule has 0 spiro atoms. The fourth-order valence-electron chi connectivity index (χ4n) is 1.83. The van der Waals surface area contributed by atoms with Gasteiger partial charge in [-0.1, -0.05) is 0 Å². The van der Waals surface area contributed by atoms with Gasteiger partial charge in [0.1, 0.15) is 11.3 Å². The smallest absolute Gasteiger partial charge is 0.341 e. The number of ether oxygens (including phenoxy) is 1. The molecule has 0 saturated carbocycles. The van der Waals surface area contributed by atoms with Gasteiger partial charge in [0.15, 0.2) is 0 Å². The summed E-state index contributed by atoms with van der Waals surface area (Å²) in [7, 11) is 1.53. The number of hydrogen-bond acceptors (Lipinski definition) is 3. The van der Waals surface area contributed by atoms with Crippen LogP contribution in [0.25, 0.3) is 10.9 Å². The molecule has 0 saturated heterocycles. The number of nitrogens with one attached hydrogen (secondary N) is 1. The zero-order chi connectivity index (χ0) is 12.6. The molecule has 0 radical (unpaired) electrons. The summed E-state index contributed by atoms with van der Waals surface area (Å²) < 4.78 is 5.04. The van der Waals surface area contributed by atoms with Crippen molar-refractivity contribution < 1.29 is 14.6 Å². The predicted octanol–water partition coefficient (Wildman–Crippen LogP) is 1.54. The minimum absolute atomic E-state index is 0.220. The van der Waals surface area contributed by atoms with E-state index in [4.69, 9.17) is 9.84 Å². The predicted molar refractivity (Wildman–Crippen MR) is 62.8 cm³/mol. The van der Waals surface area contributed by atoms with E-state index < -0.39 is 11.5 Å². The molecular weight excluding hydrogens is 222 g/mol. The van der Waals surface area contributed by atoms with Crippen LogP contribution in [-0.2, 0) is 0 Å². The number of carboxylic acid groups (broad SMARTS) is 1. The van der Waals surface area contributed by atoms with Gasteiger partial charge < -0.3 is 14.8 Å². The second-order valence-corrected chi connectivity index (χ2v) is 3.67. The monoisotopic (exact) mass is 233 g/mol. The fraction of sp³-hybridized carbons (Fsp3) is 0.167. The number of aromatic carboxylic acids is 1. The van der Waals surface area contributed by atoms with Crippen LogP contribution < -0.4 is 10.3 Å². The maximum absolute atomic E-state index is 11.6. The molecule has 0 bridgehead atoms. The molecule has 17 heavy (non-hydrogen) atoms. The zero-order valence-corrected chi connectivity index (χ0v) is 9.40. The Balaban J connectivity index is 2.86. The Kier molecular flexibility index (Phi) is 2.59. The normalized spacial score (nSPS) is 10.5. The van der Waals surface area contributed by atoms with E-state index in [-0.39, 0.29) is 5.56 Å². The van der Waals surface area contributed by atoms with Crippen molar-refractivity contribution in [2.75, 3.05) is 7.11 Å². The summed E-state index contributed by atoms with van der Waals surface area (Å²) in [4.78, 5) is 25.1. The molecule has 1 heterocycles. The van der Waals surface area contributed by atoms with Gasteiger partial charge in [-0.25, -0.2) is 4.79 Å². The minimum atomic E-state index is -1.22. The zero-order valence-electron chi connectivity index (χ0n) is 9.40. The number of rotatable bonds is 2. The lowest BCUT2D eigenvalue weighted by molar-refractivity contribution is 0.0694. The minimum Gasteiger partial charge on any atom is -0.497 e. The highest BCUT2D eigenvalue weighted by Gasteiger charge is 2.15. The van der Waals surface area contributed by atoms with Gasteiger partial charge in [-0.05, 0) is 24.6 Å². The Morgan fingerprint density at radius 1 is 1.41 bits per heavy atom. The van der Waals surface area contributed by atoms with Crippen LogP contribution in [0.1, 0.15) is 15.9 Å². The summed E-state index contributed by atoms with van der Waals surface area (Å²) in [5.41, 5.74) is 0.203. The van der Waals surface area contributed by atoms with Gasteiger partial charge in [0.2, 0.25) is 0 Å². The molecule has 0 fully saturated rings. The molecule has 88 valence electrons. The quantitative estimate of drug-likeness (QED) is 0.824. The fourth-order valence-corrected chi connectivity index (χ4v) is 1.83. The Labute approximate surface area is 96.7 Å². The molecule has 0 amide bonds. The number of H-pyrrole nitrogens is 1. The lowest BCUT2D eigenvalue weighted by Gasteiger charge is -2.07. The Morgan fingerprint density at radius 2 is 2.12 bits per heavy atom. The highest BCUT2D eigenvalue weighted by atomic mass is 16.5. The molecule has 0 aliphatic rings. The lowest BCUT2D eigenvalue weighted by Crippen LogP contribution is -2.19. The summed E-state index contributed by atoms with van der Waals surface area (Å²) in [6.45, 7) is 1.62. The largest absolute Gasteiger partial charge is 0.497 e. The van der Waals surface area contributed by atoms with Crippen molar-refractivity contribution in [3.8, 4) is 5.75 Å². The first kappa shape index (κ1) is 11.2. The average molecular weight is 233 g/mol. The van der Waals surface area contributed by atoms with Crippen LogP contribution in [0.2, 0.25) is 0 Å². The van der Waals surface area contributed by atoms with Crippen LogP contribution in [0.4, 0.5) is 0 Å². The number of aromatic nitrogens is 1. The SMILES string of the molecule is COc1ccc2c(C)c(C(=O)O)c(=O)[nH]c2c1. The van der Waals surface area contributed by atoms with E-state index in [1.807, 2.05) is 0 Å². The number of aryl methyl sites for hydroxylation is 1. The average Bonchev–Trinajstić information content (AvgIpc) is 2.27. The standard InChI is InChI=1S/C12H11NO4/c1-6-8-4-3-7(17-2)5-9(8)13-11(14)10(6)12(15)16/h3-5H,1-2H3,(H,13,14)(H,15,16). The molecule has 2 N–H and O–H groups in total. The molecule has 1 aromatic heterocycles. The molecule has 2 aromatic rings. The van der Waals surface area contributed by atoms with E-state index in [2.05, 4.69) is 4.98 Å². The second-order valence-electron chi connectivity index (χ2n) is 3.67. The van der Waals surface area contributed by atoms with Crippen molar-refractivity contribution in [1.29, 1.82) is 0 Å². The molecule has 0 unspecified atom stereocenters. The van der Waals surface area contributed by atoms with Gasteiger partial charge in [0.05, 0.1) is 12.6 Å². The third kappa shape index (κ3) is 1.75. The van der Waals surface area contributed by atoms with Gasteiger partial charge in [-0.15, -0.1) is 0 Å². The van der Waals surface area contributed by atoms with Crippen molar-refractivity contribution in [3.63, 3.8) is 0 Å². The van der Waals surface area contributed by atoms with Crippen molar-refractivity contribution in [3.05, 3.63) is 39.7 Å². The van der Waals surface area contributed by atoms with Crippen LogP contribution >= 0.6 is 0 Å². The molecular formula is C12H11NO4. The Morgan fingerprint density at radius 3 is 2.71 bits per heavy atom. The molecule has 5 nitrogen and oxygen atoms in total. The van der Waals surface area contributed by atoms with Crippen LogP contribution in [-0.4, -0.2) is 23.2 Å². The van der Waals surface area contributed by atoms with E-state index in [0.717, 1.165) is 0 Å². The summed E-state index contributed by atoms with van der Waals surface area (Å²) >= 11 is 0. The number of fused-ring (bicyclic) bond motifs is 1. The number of aromatic amines is 1. The summed E-state index contributed by atoms with van der Waals surface area (Å²) in [5.74, 6) is -0.614. The number of benzene rings is 1.